The molecule has 0 radical (unpaired) electrons. The Morgan fingerprint density at radius 2 is 2.04 bits per heavy atom. The number of hydrogen-bond acceptors (Lipinski definition) is 4. The number of halogens is 2. The maximum Gasteiger partial charge on any atom is 0.323 e. The van der Waals surface area contributed by atoms with Crippen molar-refractivity contribution in [1.29, 1.82) is 0 Å². The van der Waals surface area contributed by atoms with Gasteiger partial charge in [0.25, 0.3) is 0 Å². The summed E-state index contributed by atoms with van der Waals surface area (Å²) < 4.78 is 31.8. The van der Waals surface area contributed by atoms with E-state index in [2.05, 4.69) is 5.32 Å². The third-order valence-electron chi connectivity index (χ3n) is 5.22. The highest BCUT2D eigenvalue weighted by atomic mass is 19.1. The van der Waals surface area contributed by atoms with Gasteiger partial charge in [-0.15, -0.1) is 0 Å². The molecule has 2 aliphatic rings. The number of ether oxygens (including phenoxy) is 1. The number of esters is 1. The highest BCUT2D eigenvalue weighted by Gasteiger charge is 2.46. The lowest BCUT2D eigenvalue weighted by atomic mass is 9.85. The van der Waals surface area contributed by atoms with Gasteiger partial charge in [0.1, 0.15) is 17.7 Å². The van der Waals surface area contributed by atoms with Gasteiger partial charge in [-0.25, -0.2) is 8.78 Å². The Bertz CT molecular complexity index is 668. The van der Waals surface area contributed by atoms with E-state index in [4.69, 9.17) is 4.74 Å². The number of anilines is 1. The number of likely N-dealkylation sites (tertiary alicyclic amines) is 1. The predicted molar refractivity (Wildman–Crippen MR) is 87.9 cm³/mol. The van der Waals surface area contributed by atoms with E-state index in [-0.39, 0.29) is 24.2 Å². The Balaban J connectivity index is 1.72. The topological polar surface area (TPSA) is 58.6 Å². The van der Waals surface area contributed by atoms with Crippen molar-refractivity contribution in [3.8, 4) is 0 Å². The van der Waals surface area contributed by atoms with Crippen LogP contribution in [0, 0.1) is 17.6 Å². The van der Waals surface area contributed by atoms with Crippen LogP contribution in [0.4, 0.5) is 14.5 Å². The molecule has 0 unspecified atom stereocenters. The average molecular weight is 352 g/mol. The van der Waals surface area contributed by atoms with E-state index < -0.39 is 23.6 Å². The largest absolute Gasteiger partial charge is 0.468 e. The van der Waals surface area contributed by atoms with E-state index in [0.717, 1.165) is 43.9 Å². The van der Waals surface area contributed by atoms with Crippen LogP contribution in [0.15, 0.2) is 18.2 Å². The molecule has 0 bridgehead atoms. The normalized spacial score (nSPS) is 26.1. The van der Waals surface area contributed by atoms with Gasteiger partial charge in [-0.3, -0.25) is 14.5 Å². The molecule has 5 nitrogen and oxygen atoms in total. The molecule has 1 aromatic rings. The molecule has 7 heteroatoms. The van der Waals surface area contributed by atoms with Crippen LogP contribution in [0.3, 0.4) is 0 Å². The van der Waals surface area contributed by atoms with Gasteiger partial charge in [-0.05, 0) is 37.3 Å². The summed E-state index contributed by atoms with van der Waals surface area (Å²) in [6, 6.07) is 2.60. The summed E-state index contributed by atoms with van der Waals surface area (Å²) in [4.78, 5) is 26.3. The number of carbonyl (C=O) groups excluding carboxylic acids is 2. The van der Waals surface area contributed by atoms with Crippen LogP contribution in [-0.2, 0) is 14.3 Å². The molecule has 1 saturated carbocycles. The Kier molecular flexibility index (Phi) is 5.32. The number of amides is 1. The number of nitrogens with one attached hydrogen (secondary N) is 1. The molecule has 25 heavy (non-hydrogen) atoms. The van der Waals surface area contributed by atoms with Gasteiger partial charge in [0.05, 0.1) is 19.3 Å². The van der Waals surface area contributed by atoms with Gasteiger partial charge in [-0.1, -0.05) is 12.8 Å². The van der Waals surface area contributed by atoms with Crippen molar-refractivity contribution in [2.45, 2.75) is 44.2 Å². The first-order chi connectivity index (χ1) is 12.0. The molecule has 1 heterocycles. The Morgan fingerprint density at radius 1 is 1.28 bits per heavy atom. The fourth-order valence-corrected chi connectivity index (χ4v) is 4.10. The number of hydrogen-bond donors (Lipinski definition) is 1. The van der Waals surface area contributed by atoms with Crippen LogP contribution in [0.2, 0.25) is 0 Å². The lowest BCUT2D eigenvalue weighted by molar-refractivity contribution is -0.146. The Labute approximate surface area is 145 Å². The molecular weight excluding hydrogens is 330 g/mol. The van der Waals surface area contributed by atoms with Crippen LogP contribution in [0.25, 0.3) is 0 Å². The first-order valence-corrected chi connectivity index (χ1v) is 8.58. The van der Waals surface area contributed by atoms with Crippen molar-refractivity contribution < 1.29 is 23.1 Å². The van der Waals surface area contributed by atoms with E-state index in [9.17, 15) is 18.4 Å². The number of nitrogens with zero attached hydrogens (tertiary/aromatic N) is 1. The smallest absolute Gasteiger partial charge is 0.323 e. The quantitative estimate of drug-likeness (QED) is 0.847. The molecule has 1 amide bonds. The van der Waals surface area contributed by atoms with E-state index in [1.807, 2.05) is 4.90 Å². The first kappa shape index (κ1) is 17.8. The molecule has 1 aromatic carbocycles. The second kappa shape index (κ2) is 7.47. The summed E-state index contributed by atoms with van der Waals surface area (Å²) in [6.45, 7) is -0.0448. The number of methoxy groups -OCH3 is 1. The molecule has 1 saturated heterocycles. The summed E-state index contributed by atoms with van der Waals surface area (Å²) in [6.07, 6.45) is 4.84. The van der Waals surface area contributed by atoms with E-state index >= 15 is 0 Å². The Hall–Kier alpha value is -2.02. The summed E-state index contributed by atoms with van der Waals surface area (Å²) in [5, 5.41) is 2.40. The fourth-order valence-electron chi connectivity index (χ4n) is 4.10. The van der Waals surface area contributed by atoms with Crippen LogP contribution in [0.1, 0.15) is 32.1 Å². The molecule has 3 atom stereocenters. The van der Waals surface area contributed by atoms with Gasteiger partial charge < -0.3 is 10.1 Å². The van der Waals surface area contributed by atoms with Crippen LogP contribution >= 0.6 is 0 Å². The molecule has 1 aliphatic carbocycles. The molecule has 1 aliphatic heterocycles. The summed E-state index contributed by atoms with van der Waals surface area (Å²) >= 11 is 0. The summed E-state index contributed by atoms with van der Waals surface area (Å²) in [5.41, 5.74) is -0.195. The molecule has 3 rings (SSSR count). The van der Waals surface area contributed by atoms with E-state index in [1.165, 1.54) is 7.11 Å². The third-order valence-corrected chi connectivity index (χ3v) is 5.22. The van der Waals surface area contributed by atoms with Crippen molar-refractivity contribution in [2.75, 3.05) is 19.0 Å². The zero-order chi connectivity index (χ0) is 18.0. The van der Waals surface area contributed by atoms with Gasteiger partial charge in [0.2, 0.25) is 5.91 Å². The molecule has 0 spiro atoms. The maximum atomic E-state index is 13.7. The number of fused-ring (bicyclic) bond motifs is 1. The monoisotopic (exact) mass is 352 g/mol. The van der Waals surface area contributed by atoms with Gasteiger partial charge >= 0.3 is 5.97 Å². The highest BCUT2D eigenvalue weighted by molar-refractivity contribution is 5.93. The fraction of sp³-hybridized carbons (Fsp3) is 0.556. The number of benzene rings is 1. The Morgan fingerprint density at radius 3 is 2.80 bits per heavy atom. The van der Waals surface area contributed by atoms with Gasteiger partial charge in [-0.2, -0.15) is 0 Å². The van der Waals surface area contributed by atoms with Crippen LogP contribution in [-0.4, -0.2) is 42.5 Å². The standard InChI is InChI=1S/C18H22F2N2O3/c1-25-18(24)16-8-11-4-2-3-5-15(11)22(16)10-17(23)21-14-9-12(19)6-7-13(14)20/h6-7,9,11,15-16H,2-5,8,10H2,1H3,(H,21,23)/t11-,15-,16-/m0/s1. The third kappa shape index (κ3) is 3.81. The second-order valence-corrected chi connectivity index (χ2v) is 6.73. The minimum absolute atomic E-state index is 0.0448. The van der Waals surface area contributed by atoms with Crippen molar-refractivity contribution in [3.05, 3.63) is 29.8 Å². The minimum Gasteiger partial charge on any atom is -0.468 e. The SMILES string of the molecule is COC(=O)[C@@H]1C[C@@H]2CCCC[C@@H]2N1CC(=O)Nc1cc(F)ccc1F. The van der Waals surface area contributed by atoms with Crippen LogP contribution in [0.5, 0.6) is 0 Å². The number of rotatable bonds is 4. The van der Waals surface area contributed by atoms with Crippen molar-refractivity contribution in [1.82, 2.24) is 4.90 Å². The van der Waals surface area contributed by atoms with Crippen molar-refractivity contribution in [3.63, 3.8) is 0 Å². The van der Waals surface area contributed by atoms with Crippen molar-refractivity contribution in [2.24, 2.45) is 5.92 Å². The summed E-state index contributed by atoms with van der Waals surface area (Å²) in [5.74, 6) is -1.77. The van der Waals surface area contributed by atoms with Gasteiger partial charge in [0.15, 0.2) is 0 Å². The molecular formula is C18H22F2N2O3. The van der Waals surface area contributed by atoms with Gasteiger partial charge in [0, 0.05) is 12.1 Å². The zero-order valence-corrected chi connectivity index (χ0v) is 14.1. The molecule has 1 N–H and O–H groups in total. The second-order valence-electron chi connectivity index (χ2n) is 6.73. The van der Waals surface area contributed by atoms with E-state index in [1.54, 1.807) is 0 Å². The first-order valence-electron chi connectivity index (χ1n) is 8.58. The number of carbonyl (C=O) groups is 2. The maximum absolute atomic E-state index is 13.7. The zero-order valence-electron chi connectivity index (χ0n) is 14.1. The van der Waals surface area contributed by atoms with Crippen molar-refractivity contribution >= 4 is 17.6 Å². The lowest BCUT2D eigenvalue weighted by Crippen LogP contribution is -2.46. The van der Waals surface area contributed by atoms with Crippen LogP contribution < -0.4 is 5.32 Å². The average Bonchev–Trinajstić information content (AvgIpc) is 2.96. The molecule has 0 aromatic heterocycles. The highest BCUT2D eigenvalue weighted by Crippen LogP contribution is 2.39. The minimum atomic E-state index is -0.698. The summed E-state index contributed by atoms with van der Waals surface area (Å²) in [7, 11) is 1.34. The predicted octanol–water partition coefficient (Wildman–Crippen LogP) is 2.71. The molecule has 136 valence electrons. The van der Waals surface area contributed by atoms with E-state index in [0.29, 0.717) is 12.3 Å². The lowest BCUT2D eigenvalue weighted by Gasteiger charge is -2.32. The molecule has 2 fully saturated rings.